The van der Waals surface area contributed by atoms with Gasteiger partial charge in [-0.3, -0.25) is 24.1 Å². The minimum absolute atomic E-state index is 0.0724. The number of nitrogens with zero attached hydrogens (tertiary/aromatic N) is 1. The SMILES string of the molecule is CCCOC(=O)c1cc(NC(=O)CN2C(=O)S/C(=C/c3ccc(OCC(=O)Nc4ccc(Br)c(Cl)c4)c(OC)c3)C2=O)ccc1Cl. The van der Waals surface area contributed by atoms with Crippen LogP contribution in [0.3, 0.4) is 0 Å². The fourth-order valence-electron chi connectivity index (χ4n) is 3.97. The fraction of sp³-hybridized carbons (Fsp3) is 0.194. The first-order chi connectivity index (χ1) is 22.0. The van der Waals surface area contributed by atoms with Crippen LogP contribution in [-0.2, 0) is 19.1 Å². The molecule has 240 valence electrons. The Morgan fingerprint density at radius 1 is 0.935 bits per heavy atom. The molecular weight excluding hydrogens is 725 g/mol. The third-order valence-corrected chi connectivity index (χ3v) is 8.60. The number of hydrogen-bond acceptors (Lipinski definition) is 9. The predicted octanol–water partition coefficient (Wildman–Crippen LogP) is 7.02. The van der Waals surface area contributed by atoms with Crippen molar-refractivity contribution in [2.24, 2.45) is 0 Å². The molecule has 0 saturated carbocycles. The lowest BCUT2D eigenvalue weighted by Crippen LogP contribution is -2.36. The zero-order chi connectivity index (χ0) is 33.4. The number of nitrogens with one attached hydrogen (secondary N) is 2. The van der Waals surface area contributed by atoms with Crippen LogP contribution < -0.4 is 20.1 Å². The van der Waals surface area contributed by atoms with Crippen LogP contribution >= 0.6 is 50.9 Å². The molecular formula is C31H26BrCl2N3O8S. The van der Waals surface area contributed by atoms with Gasteiger partial charge in [-0.05, 0) is 94.3 Å². The average Bonchev–Trinajstić information content (AvgIpc) is 3.28. The summed E-state index contributed by atoms with van der Waals surface area (Å²) in [6, 6.07) is 14.0. The van der Waals surface area contributed by atoms with Gasteiger partial charge in [-0.25, -0.2) is 4.79 Å². The first-order valence-electron chi connectivity index (χ1n) is 13.6. The molecule has 46 heavy (non-hydrogen) atoms. The van der Waals surface area contributed by atoms with E-state index in [2.05, 4.69) is 26.6 Å². The molecule has 1 aliphatic heterocycles. The Morgan fingerprint density at radius 3 is 2.37 bits per heavy atom. The van der Waals surface area contributed by atoms with Gasteiger partial charge in [-0.2, -0.15) is 0 Å². The Balaban J connectivity index is 1.37. The number of esters is 1. The number of anilines is 2. The van der Waals surface area contributed by atoms with Gasteiger partial charge in [0.15, 0.2) is 18.1 Å². The Kier molecular flexibility index (Phi) is 12.1. The molecule has 3 aromatic carbocycles. The number of carbonyl (C=O) groups excluding carboxylic acids is 5. The second kappa shape index (κ2) is 16.0. The van der Waals surface area contributed by atoms with Crippen LogP contribution in [0, 0.1) is 0 Å². The summed E-state index contributed by atoms with van der Waals surface area (Å²) in [4.78, 5) is 63.9. The number of thioether (sulfide) groups is 1. The first-order valence-corrected chi connectivity index (χ1v) is 15.9. The third kappa shape index (κ3) is 9.03. The van der Waals surface area contributed by atoms with Gasteiger partial charge in [-0.15, -0.1) is 0 Å². The second-order valence-electron chi connectivity index (χ2n) is 9.52. The molecule has 0 aliphatic carbocycles. The normalized spacial score (nSPS) is 13.5. The minimum Gasteiger partial charge on any atom is -0.493 e. The van der Waals surface area contributed by atoms with E-state index in [4.69, 9.17) is 37.4 Å². The van der Waals surface area contributed by atoms with Crippen LogP contribution in [0.2, 0.25) is 10.0 Å². The van der Waals surface area contributed by atoms with E-state index in [9.17, 15) is 24.0 Å². The Bertz CT molecular complexity index is 1740. The third-order valence-electron chi connectivity index (χ3n) is 6.13. The van der Waals surface area contributed by atoms with Gasteiger partial charge in [0.1, 0.15) is 6.54 Å². The zero-order valence-electron chi connectivity index (χ0n) is 24.4. The smallest absolute Gasteiger partial charge is 0.339 e. The van der Waals surface area contributed by atoms with Crippen molar-refractivity contribution in [2.75, 3.05) is 37.5 Å². The molecule has 0 atom stereocenters. The van der Waals surface area contributed by atoms with Crippen LogP contribution in [0.15, 0.2) is 64.0 Å². The highest BCUT2D eigenvalue weighted by Crippen LogP contribution is 2.35. The van der Waals surface area contributed by atoms with Gasteiger partial charge in [0.2, 0.25) is 5.91 Å². The minimum atomic E-state index is -0.658. The van der Waals surface area contributed by atoms with E-state index >= 15 is 0 Å². The first kappa shape index (κ1) is 34.8. The molecule has 3 aromatic rings. The van der Waals surface area contributed by atoms with E-state index in [-0.39, 0.29) is 45.9 Å². The van der Waals surface area contributed by atoms with Gasteiger partial charge >= 0.3 is 5.97 Å². The van der Waals surface area contributed by atoms with E-state index in [0.29, 0.717) is 38.9 Å². The number of benzene rings is 3. The molecule has 1 heterocycles. The molecule has 4 rings (SSSR count). The van der Waals surface area contributed by atoms with Crippen molar-refractivity contribution in [1.29, 1.82) is 0 Å². The summed E-state index contributed by atoms with van der Waals surface area (Å²) in [7, 11) is 1.42. The summed E-state index contributed by atoms with van der Waals surface area (Å²) in [5.74, 6) is -1.81. The topological polar surface area (TPSA) is 140 Å². The highest BCUT2D eigenvalue weighted by atomic mass is 79.9. The lowest BCUT2D eigenvalue weighted by molar-refractivity contribution is -0.127. The van der Waals surface area contributed by atoms with Gasteiger partial charge < -0.3 is 24.8 Å². The van der Waals surface area contributed by atoms with Crippen LogP contribution in [0.5, 0.6) is 11.5 Å². The number of hydrogen-bond donors (Lipinski definition) is 2. The van der Waals surface area contributed by atoms with Crippen molar-refractivity contribution in [1.82, 2.24) is 4.90 Å². The van der Waals surface area contributed by atoms with Crippen molar-refractivity contribution >= 4 is 97.3 Å². The maximum absolute atomic E-state index is 13.0. The summed E-state index contributed by atoms with van der Waals surface area (Å²) in [6.07, 6.45) is 2.11. The number of carbonyl (C=O) groups is 5. The van der Waals surface area contributed by atoms with E-state index in [1.807, 2.05) is 6.92 Å². The number of imide groups is 1. The van der Waals surface area contributed by atoms with Crippen LogP contribution in [0.25, 0.3) is 6.08 Å². The van der Waals surface area contributed by atoms with Crippen LogP contribution in [0.1, 0.15) is 29.3 Å². The van der Waals surface area contributed by atoms with E-state index in [0.717, 1.165) is 4.90 Å². The van der Waals surface area contributed by atoms with Gasteiger partial charge in [0, 0.05) is 15.8 Å². The Labute approximate surface area is 286 Å². The molecule has 0 bridgehead atoms. The van der Waals surface area contributed by atoms with Crippen molar-refractivity contribution in [2.45, 2.75) is 13.3 Å². The van der Waals surface area contributed by atoms with Crippen LogP contribution in [-0.4, -0.2) is 60.7 Å². The van der Waals surface area contributed by atoms with Crippen molar-refractivity contribution < 1.29 is 38.2 Å². The lowest BCUT2D eigenvalue weighted by atomic mass is 10.2. The summed E-state index contributed by atoms with van der Waals surface area (Å²) in [6.45, 7) is 1.20. The molecule has 1 aliphatic rings. The molecule has 0 unspecified atom stereocenters. The lowest BCUT2D eigenvalue weighted by Gasteiger charge is -2.13. The largest absolute Gasteiger partial charge is 0.493 e. The quantitative estimate of drug-likeness (QED) is 0.148. The number of amides is 4. The van der Waals surface area contributed by atoms with Gasteiger partial charge in [-0.1, -0.05) is 36.2 Å². The standard InChI is InChI=1S/C31H26BrCl2N3O8S/c1-3-10-44-30(41)20-13-18(6-8-22(20)33)35-27(38)15-37-29(40)26(46-31(37)42)12-17-4-9-24(25(11-17)43-2)45-16-28(39)36-19-5-7-21(32)23(34)14-19/h4-9,11-14H,3,10,15-16H2,1-2H3,(H,35,38)(H,36,39)/b26-12+. The van der Waals surface area contributed by atoms with Crippen molar-refractivity contribution in [3.63, 3.8) is 0 Å². The van der Waals surface area contributed by atoms with E-state index in [1.165, 1.54) is 31.4 Å². The maximum Gasteiger partial charge on any atom is 0.339 e. The molecule has 15 heteroatoms. The molecule has 4 amide bonds. The molecule has 11 nitrogen and oxygen atoms in total. The number of halogens is 3. The Hall–Kier alpha value is -4.04. The summed E-state index contributed by atoms with van der Waals surface area (Å²) in [5.41, 5.74) is 1.32. The average molecular weight is 751 g/mol. The van der Waals surface area contributed by atoms with E-state index < -0.39 is 35.5 Å². The molecule has 1 fully saturated rings. The molecule has 2 N–H and O–H groups in total. The van der Waals surface area contributed by atoms with Gasteiger partial charge in [0.25, 0.3) is 17.1 Å². The molecule has 0 radical (unpaired) electrons. The summed E-state index contributed by atoms with van der Waals surface area (Å²) >= 11 is 16.1. The summed E-state index contributed by atoms with van der Waals surface area (Å²) < 4.78 is 16.8. The number of rotatable bonds is 12. The van der Waals surface area contributed by atoms with E-state index in [1.54, 1.807) is 36.4 Å². The molecule has 0 spiro atoms. The summed E-state index contributed by atoms with van der Waals surface area (Å²) in [5, 5.41) is 5.21. The monoisotopic (exact) mass is 749 g/mol. The van der Waals surface area contributed by atoms with Crippen molar-refractivity contribution in [3.05, 3.63) is 85.1 Å². The highest BCUT2D eigenvalue weighted by molar-refractivity contribution is 9.10. The molecule has 1 saturated heterocycles. The second-order valence-corrected chi connectivity index (χ2v) is 12.2. The van der Waals surface area contributed by atoms with Gasteiger partial charge in [0.05, 0.1) is 34.2 Å². The maximum atomic E-state index is 13.0. The molecule has 0 aromatic heterocycles. The highest BCUT2D eigenvalue weighted by Gasteiger charge is 2.36. The zero-order valence-corrected chi connectivity index (χ0v) is 28.3. The fourth-order valence-corrected chi connectivity index (χ4v) is 5.43. The Morgan fingerprint density at radius 2 is 1.65 bits per heavy atom. The van der Waals surface area contributed by atoms with Crippen molar-refractivity contribution in [3.8, 4) is 11.5 Å². The van der Waals surface area contributed by atoms with Crippen LogP contribution in [0.4, 0.5) is 16.2 Å². The number of methoxy groups -OCH3 is 1. The predicted molar refractivity (Wildman–Crippen MR) is 180 cm³/mol. The number of ether oxygens (including phenoxy) is 3.